The Morgan fingerprint density at radius 3 is 2.80 bits per heavy atom. The monoisotopic (exact) mass is 341 g/mol. The van der Waals surface area contributed by atoms with Gasteiger partial charge in [0.25, 0.3) is 0 Å². The van der Waals surface area contributed by atoms with Gasteiger partial charge in [0, 0.05) is 19.7 Å². The van der Waals surface area contributed by atoms with Crippen molar-refractivity contribution in [3.05, 3.63) is 10.2 Å². The first kappa shape index (κ1) is 14.4. The van der Waals surface area contributed by atoms with Crippen LogP contribution in [0.5, 0.6) is 0 Å². The van der Waals surface area contributed by atoms with E-state index in [1.54, 1.807) is 0 Å². The first-order valence-corrected chi connectivity index (χ1v) is 8.67. The van der Waals surface area contributed by atoms with E-state index in [9.17, 15) is 0 Å². The molecule has 2 aliphatic rings. The Morgan fingerprint density at radius 1 is 1.25 bits per heavy atom. The molecule has 1 aliphatic carbocycles. The van der Waals surface area contributed by atoms with Crippen molar-refractivity contribution in [1.82, 2.24) is 9.78 Å². The summed E-state index contributed by atoms with van der Waals surface area (Å²) in [5.74, 6) is 2.43. The average Bonchev–Trinajstić information content (AvgIpc) is 2.77. The van der Waals surface area contributed by atoms with E-state index < -0.39 is 0 Å². The van der Waals surface area contributed by atoms with E-state index in [2.05, 4.69) is 25.9 Å². The van der Waals surface area contributed by atoms with Gasteiger partial charge < -0.3 is 10.4 Å². The molecule has 3 rings (SSSR count). The summed E-state index contributed by atoms with van der Waals surface area (Å²) < 4.78 is 3.25. The van der Waals surface area contributed by atoms with Crippen LogP contribution >= 0.6 is 15.9 Å². The van der Waals surface area contributed by atoms with Crippen molar-refractivity contribution >= 4 is 21.7 Å². The maximum Gasteiger partial charge on any atom is 0.139 e. The number of nitrogens with zero attached hydrogens (tertiary/aromatic N) is 2. The molecule has 1 atom stereocenters. The van der Waals surface area contributed by atoms with Crippen LogP contribution in [-0.2, 0) is 13.0 Å². The summed E-state index contributed by atoms with van der Waals surface area (Å²) in [6.45, 7) is 2.12. The maximum absolute atomic E-state index is 9.08. The smallest absolute Gasteiger partial charge is 0.139 e. The van der Waals surface area contributed by atoms with Crippen LogP contribution in [0, 0.1) is 11.8 Å². The van der Waals surface area contributed by atoms with Crippen LogP contribution in [0.4, 0.5) is 5.82 Å². The summed E-state index contributed by atoms with van der Waals surface area (Å²) in [6, 6.07) is 0. The van der Waals surface area contributed by atoms with Crippen molar-refractivity contribution < 1.29 is 5.11 Å². The van der Waals surface area contributed by atoms with Gasteiger partial charge in [0.05, 0.1) is 10.2 Å². The maximum atomic E-state index is 9.08. The largest absolute Gasteiger partial charge is 0.396 e. The van der Waals surface area contributed by atoms with Crippen molar-refractivity contribution in [3.8, 4) is 0 Å². The molecule has 1 aromatic heterocycles. The molecule has 1 unspecified atom stereocenters. The van der Waals surface area contributed by atoms with Crippen molar-refractivity contribution in [2.24, 2.45) is 11.8 Å². The third-order valence-corrected chi connectivity index (χ3v) is 5.53. The van der Waals surface area contributed by atoms with Crippen LogP contribution in [0.15, 0.2) is 4.47 Å². The highest BCUT2D eigenvalue weighted by Crippen LogP contribution is 2.34. The van der Waals surface area contributed by atoms with Crippen molar-refractivity contribution in [2.75, 3.05) is 18.5 Å². The fourth-order valence-electron chi connectivity index (χ4n) is 3.51. The standard InChI is InChI=1S/C15H24BrN3O/c16-14-13(8-11-4-2-1-3-5-11)18-19-10-12(6-7-20)9-17-15(14)19/h11-12,17,20H,1-10H2. The van der Waals surface area contributed by atoms with E-state index in [1.165, 1.54) is 37.8 Å². The van der Waals surface area contributed by atoms with Gasteiger partial charge in [0.1, 0.15) is 5.82 Å². The number of halogens is 1. The first-order chi connectivity index (χ1) is 9.78. The van der Waals surface area contributed by atoms with Gasteiger partial charge in [0.15, 0.2) is 0 Å². The molecule has 0 radical (unpaired) electrons. The quantitative estimate of drug-likeness (QED) is 0.884. The highest BCUT2D eigenvalue weighted by atomic mass is 79.9. The summed E-state index contributed by atoms with van der Waals surface area (Å²) in [6.07, 6.45) is 8.83. The zero-order chi connectivity index (χ0) is 13.9. The number of aliphatic hydroxyl groups is 1. The molecule has 5 heteroatoms. The molecule has 20 heavy (non-hydrogen) atoms. The van der Waals surface area contributed by atoms with Crippen molar-refractivity contribution in [2.45, 2.75) is 51.5 Å². The topological polar surface area (TPSA) is 50.1 Å². The van der Waals surface area contributed by atoms with Gasteiger partial charge in [-0.2, -0.15) is 5.10 Å². The minimum atomic E-state index is 0.263. The van der Waals surface area contributed by atoms with Crippen LogP contribution in [0.1, 0.15) is 44.2 Å². The van der Waals surface area contributed by atoms with Gasteiger partial charge >= 0.3 is 0 Å². The Morgan fingerprint density at radius 2 is 2.05 bits per heavy atom. The molecule has 0 spiro atoms. The van der Waals surface area contributed by atoms with Crippen LogP contribution in [-0.4, -0.2) is 28.0 Å². The number of hydrogen-bond acceptors (Lipinski definition) is 3. The van der Waals surface area contributed by atoms with Crippen LogP contribution in [0.2, 0.25) is 0 Å². The Labute approximate surface area is 129 Å². The molecule has 1 aliphatic heterocycles. The fraction of sp³-hybridized carbons (Fsp3) is 0.800. The molecular weight excluding hydrogens is 318 g/mol. The van der Waals surface area contributed by atoms with Gasteiger partial charge in [-0.05, 0) is 40.6 Å². The lowest BCUT2D eigenvalue weighted by Gasteiger charge is -2.24. The molecule has 1 aromatic rings. The summed E-state index contributed by atoms with van der Waals surface area (Å²) in [5.41, 5.74) is 1.21. The highest BCUT2D eigenvalue weighted by molar-refractivity contribution is 9.10. The Hall–Kier alpha value is -0.550. The predicted octanol–water partition coefficient (Wildman–Crippen LogP) is 3.19. The number of anilines is 1. The predicted molar refractivity (Wildman–Crippen MR) is 83.9 cm³/mol. The molecule has 1 fully saturated rings. The molecule has 2 N–H and O–H groups in total. The van der Waals surface area contributed by atoms with E-state index >= 15 is 0 Å². The minimum absolute atomic E-state index is 0.263. The van der Waals surface area contributed by atoms with Crippen LogP contribution < -0.4 is 5.32 Å². The summed E-state index contributed by atoms with van der Waals surface area (Å²) in [5, 5.41) is 17.3. The molecular formula is C15H24BrN3O. The Bertz CT molecular complexity index is 454. The second kappa shape index (κ2) is 6.48. The molecule has 4 nitrogen and oxygen atoms in total. The number of fused-ring (bicyclic) bond motifs is 1. The molecule has 112 valence electrons. The molecule has 1 saturated carbocycles. The Kier molecular flexibility index (Phi) is 4.66. The number of aromatic nitrogens is 2. The van der Waals surface area contributed by atoms with Gasteiger partial charge in [0.2, 0.25) is 0 Å². The number of rotatable bonds is 4. The Balaban J connectivity index is 1.70. The normalized spacial score (nSPS) is 23.4. The van der Waals surface area contributed by atoms with Crippen LogP contribution in [0.25, 0.3) is 0 Å². The lowest BCUT2D eigenvalue weighted by molar-refractivity contribution is 0.244. The minimum Gasteiger partial charge on any atom is -0.396 e. The average molecular weight is 342 g/mol. The number of hydrogen-bond donors (Lipinski definition) is 2. The lowest BCUT2D eigenvalue weighted by Crippen LogP contribution is -2.28. The lowest BCUT2D eigenvalue weighted by atomic mass is 9.86. The van der Waals surface area contributed by atoms with Gasteiger partial charge in [-0.15, -0.1) is 0 Å². The summed E-state index contributed by atoms with van der Waals surface area (Å²) in [4.78, 5) is 0. The zero-order valence-corrected chi connectivity index (χ0v) is 13.5. The van der Waals surface area contributed by atoms with E-state index in [4.69, 9.17) is 10.2 Å². The van der Waals surface area contributed by atoms with Gasteiger partial charge in [-0.3, -0.25) is 0 Å². The van der Waals surface area contributed by atoms with Gasteiger partial charge in [-0.1, -0.05) is 32.1 Å². The molecule has 2 heterocycles. The van der Waals surface area contributed by atoms with Gasteiger partial charge in [-0.25, -0.2) is 4.68 Å². The molecule has 0 aromatic carbocycles. The second-order valence-corrected chi connectivity index (χ2v) is 7.05. The third-order valence-electron chi connectivity index (χ3n) is 4.69. The summed E-state index contributed by atoms with van der Waals surface area (Å²) >= 11 is 3.73. The third kappa shape index (κ3) is 3.03. The summed E-state index contributed by atoms with van der Waals surface area (Å²) in [7, 11) is 0. The fourth-order valence-corrected chi connectivity index (χ4v) is 4.10. The highest BCUT2D eigenvalue weighted by Gasteiger charge is 2.25. The first-order valence-electron chi connectivity index (χ1n) is 7.88. The number of nitrogens with one attached hydrogen (secondary N) is 1. The molecule has 0 bridgehead atoms. The van der Waals surface area contributed by atoms with Crippen LogP contribution in [0.3, 0.4) is 0 Å². The molecule has 0 saturated heterocycles. The van der Waals surface area contributed by atoms with E-state index in [1.807, 2.05) is 0 Å². The van der Waals surface area contributed by atoms with Crippen molar-refractivity contribution in [1.29, 1.82) is 0 Å². The van der Waals surface area contributed by atoms with E-state index in [0.717, 1.165) is 42.1 Å². The van der Waals surface area contributed by atoms with E-state index in [0.29, 0.717) is 5.92 Å². The SMILES string of the molecule is OCCC1CNc2c(Br)c(CC3CCCCC3)nn2C1. The molecule has 0 amide bonds. The van der Waals surface area contributed by atoms with Crippen molar-refractivity contribution in [3.63, 3.8) is 0 Å². The number of aliphatic hydroxyl groups excluding tert-OH is 1. The second-order valence-electron chi connectivity index (χ2n) is 6.26. The zero-order valence-electron chi connectivity index (χ0n) is 11.9. The van der Waals surface area contributed by atoms with E-state index in [-0.39, 0.29) is 6.61 Å².